The number of nitrogens with one attached hydrogen (secondary N) is 1. The average Bonchev–Trinajstić information content (AvgIpc) is 3.09. The molecule has 12 heteroatoms. The highest BCUT2D eigenvalue weighted by Crippen LogP contribution is 2.31. The number of benzene rings is 2. The Morgan fingerprint density at radius 1 is 1.22 bits per heavy atom. The van der Waals surface area contributed by atoms with Crippen molar-refractivity contribution in [3.8, 4) is 0 Å². The molecule has 0 aliphatic heterocycles. The lowest BCUT2D eigenvalue weighted by Crippen LogP contribution is -2.39. The van der Waals surface area contributed by atoms with E-state index in [1.165, 1.54) is 48.7 Å². The van der Waals surface area contributed by atoms with Crippen molar-refractivity contribution in [2.24, 2.45) is 5.10 Å². The molecule has 3 aromatic rings. The van der Waals surface area contributed by atoms with Gasteiger partial charge in [0.1, 0.15) is 23.8 Å². The Morgan fingerprint density at radius 2 is 1.88 bits per heavy atom. The lowest BCUT2D eigenvalue weighted by Gasteiger charge is -2.23. The third-order valence-electron chi connectivity index (χ3n) is 4.22. The number of rotatable bonds is 8. The summed E-state index contributed by atoms with van der Waals surface area (Å²) in [5.41, 5.74) is 1.51. The third-order valence-corrected chi connectivity index (χ3v) is 6.78. The summed E-state index contributed by atoms with van der Waals surface area (Å²) in [6.45, 7) is 0.999. The summed E-state index contributed by atoms with van der Waals surface area (Å²) < 4.78 is 33.3. The van der Waals surface area contributed by atoms with E-state index >= 15 is 0 Å². The number of nitro groups is 1. The first-order valence-corrected chi connectivity index (χ1v) is 11.3. The summed E-state index contributed by atoms with van der Waals surface area (Å²) in [4.78, 5) is 23.2. The number of furan rings is 1. The molecule has 1 heterocycles. The maximum atomic E-state index is 13.2. The van der Waals surface area contributed by atoms with E-state index in [1.807, 2.05) is 0 Å². The summed E-state index contributed by atoms with van der Waals surface area (Å²) in [5.74, 6) is 0.178. The fraction of sp³-hybridized carbons (Fsp3) is 0.100. The van der Waals surface area contributed by atoms with Crippen LogP contribution < -0.4 is 9.73 Å². The van der Waals surface area contributed by atoms with Crippen LogP contribution in [0.5, 0.6) is 0 Å². The van der Waals surface area contributed by atoms with E-state index in [0.717, 1.165) is 10.5 Å². The Morgan fingerprint density at radius 3 is 2.50 bits per heavy atom. The summed E-state index contributed by atoms with van der Waals surface area (Å²) in [6, 6.07) is 14.3. The zero-order valence-corrected chi connectivity index (χ0v) is 19.0. The van der Waals surface area contributed by atoms with Crippen LogP contribution in [0.25, 0.3) is 0 Å². The molecule has 0 atom stereocenters. The minimum absolute atomic E-state index is 0.120. The van der Waals surface area contributed by atoms with Crippen molar-refractivity contribution < 1.29 is 22.6 Å². The molecule has 0 bridgehead atoms. The Balaban J connectivity index is 1.91. The monoisotopic (exact) mass is 520 g/mol. The number of anilines is 1. The fourth-order valence-corrected chi connectivity index (χ4v) is 4.49. The standard InChI is InChI=1S/C20H17BrN4O6S/c1-14-17(21)11-15(31-14)12-22-23-20(26)13-24(18-9-5-6-10-19(18)25(27)28)32(29,30)16-7-3-2-4-8-16/h2-12H,13H2,1H3,(H,23,26)/b22-12-. The predicted molar refractivity (Wildman–Crippen MR) is 121 cm³/mol. The largest absolute Gasteiger partial charge is 0.459 e. The van der Waals surface area contributed by atoms with Gasteiger partial charge in [-0.1, -0.05) is 30.3 Å². The van der Waals surface area contributed by atoms with Crippen molar-refractivity contribution in [1.29, 1.82) is 0 Å². The smallest absolute Gasteiger partial charge is 0.293 e. The molecule has 0 unspecified atom stereocenters. The summed E-state index contributed by atoms with van der Waals surface area (Å²) in [6.07, 6.45) is 1.25. The van der Waals surface area contributed by atoms with Gasteiger partial charge in [-0.15, -0.1) is 0 Å². The number of carbonyl (C=O) groups excluding carboxylic acids is 1. The quantitative estimate of drug-likeness (QED) is 0.273. The van der Waals surface area contributed by atoms with Crippen LogP contribution in [0.3, 0.4) is 0 Å². The average molecular weight is 521 g/mol. The van der Waals surface area contributed by atoms with Crippen LogP contribution in [0.4, 0.5) is 11.4 Å². The lowest BCUT2D eigenvalue weighted by molar-refractivity contribution is -0.384. The first-order chi connectivity index (χ1) is 15.2. The van der Waals surface area contributed by atoms with Crippen LogP contribution in [0, 0.1) is 17.0 Å². The summed E-state index contributed by atoms with van der Waals surface area (Å²) >= 11 is 3.29. The number of nitrogens with zero attached hydrogens (tertiary/aromatic N) is 3. The second-order valence-electron chi connectivity index (χ2n) is 6.42. The zero-order valence-electron chi connectivity index (χ0n) is 16.6. The molecule has 3 rings (SSSR count). The van der Waals surface area contributed by atoms with Gasteiger partial charge in [0.2, 0.25) is 0 Å². The van der Waals surface area contributed by atoms with Gasteiger partial charge < -0.3 is 4.42 Å². The molecular formula is C20H17BrN4O6S. The molecule has 0 saturated carbocycles. The van der Waals surface area contributed by atoms with Crippen molar-refractivity contribution in [1.82, 2.24) is 5.43 Å². The van der Waals surface area contributed by atoms with Crippen LogP contribution in [0.15, 0.2) is 79.6 Å². The highest BCUT2D eigenvalue weighted by molar-refractivity contribution is 9.10. The van der Waals surface area contributed by atoms with Crippen LogP contribution in [0.1, 0.15) is 11.5 Å². The van der Waals surface area contributed by atoms with Crippen LogP contribution in [-0.2, 0) is 14.8 Å². The van der Waals surface area contributed by atoms with E-state index in [2.05, 4.69) is 26.5 Å². The fourth-order valence-electron chi connectivity index (χ4n) is 2.73. The molecule has 1 N–H and O–H groups in total. The molecule has 1 aromatic heterocycles. The van der Waals surface area contributed by atoms with Gasteiger partial charge in [0, 0.05) is 12.1 Å². The van der Waals surface area contributed by atoms with E-state index in [9.17, 15) is 23.3 Å². The number of carbonyl (C=O) groups is 1. The molecule has 0 saturated heterocycles. The number of amides is 1. The van der Waals surface area contributed by atoms with Gasteiger partial charge in [0.25, 0.3) is 21.6 Å². The van der Waals surface area contributed by atoms with E-state index in [4.69, 9.17) is 4.42 Å². The number of para-hydroxylation sites is 2. The van der Waals surface area contributed by atoms with Crippen molar-refractivity contribution in [2.75, 3.05) is 10.8 Å². The van der Waals surface area contributed by atoms with Crippen LogP contribution >= 0.6 is 15.9 Å². The number of nitro benzene ring substituents is 1. The Labute approximate surface area is 191 Å². The molecular weight excluding hydrogens is 504 g/mol. The van der Waals surface area contributed by atoms with Gasteiger partial charge in [-0.2, -0.15) is 5.10 Å². The lowest BCUT2D eigenvalue weighted by atomic mass is 10.2. The SMILES string of the molecule is Cc1oc(/C=N\NC(=O)CN(c2ccccc2[N+](=O)[O-])S(=O)(=O)c2ccccc2)cc1Br. The minimum atomic E-state index is -4.29. The molecule has 1 amide bonds. The van der Waals surface area contributed by atoms with E-state index < -0.39 is 33.1 Å². The summed E-state index contributed by atoms with van der Waals surface area (Å²) in [5, 5.41) is 15.2. The Hall–Kier alpha value is -3.51. The van der Waals surface area contributed by atoms with Gasteiger partial charge in [-0.3, -0.25) is 14.9 Å². The van der Waals surface area contributed by atoms with E-state index in [1.54, 1.807) is 19.1 Å². The van der Waals surface area contributed by atoms with Crippen LogP contribution in [-0.4, -0.2) is 32.0 Å². The van der Waals surface area contributed by atoms with Gasteiger partial charge in [-0.05, 0) is 41.1 Å². The number of halogens is 1. The zero-order chi connectivity index (χ0) is 23.3. The van der Waals surface area contributed by atoms with Gasteiger partial charge in [0.15, 0.2) is 0 Å². The normalized spacial score (nSPS) is 11.4. The number of aryl methyl sites for hydroxylation is 1. The molecule has 32 heavy (non-hydrogen) atoms. The molecule has 2 aromatic carbocycles. The highest BCUT2D eigenvalue weighted by atomic mass is 79.9. The maximum Gasteiger partial charge on any atom is 0.293 e. The van der Waals surface area contributed by atoms with Crippen molar-refractivity contribution in [3.05, 3.63) is 86.8 Å². The maximum absolute atomic E-state index is 13.2. The van der Waals surface area contributed by atoms with Crippen molar-refractivity contribution in [2.45, 2.75) is 11.8 Å². The molecule has 0 fully saturated rings. The molecule has 0 spiro atoms. The minimum Gasteiger partial charge on any atom is -0.459 e. The van der Waals surface area contributed by atoms with Crippen LogP contribution in [0.2, 0.25) is 0 Å². The Bertz CT molecular complexity index is 1250. The number of sulfonamides is 1. The number of hydrogen-bond donors (Lipinski definition) is 1. The Kier molecular flexibility index (Phi) is 7.05. The first kappa shape index (κ1) is 23.2. The van der Waals surface area contributed by atoms with Gasteiger partial charge in [0.05, 0.1) is 20.5 Å². The van der Waals surface area contributed by atoms with Crippen molar-refractivity contribution >= 4 is 49.4 Å². The van der Waals surface area contributed by atoms with Gasteiger partial charge >= 0.3 is 0 Å². The molecule has 0 aliphatic rings. The molecule has 166 valence electrons. The van der Waals surface area contributed by atoms with E-state index in [-0.39, 0.29) is 10.6 Å². The topological polar surface area (TPSA) is 135 Å². The van der Waals surface area contributed by atoms with Gasteiger partial charge in [-0.25, -0.2) is 18.1 Å². The second-order valence-corrected chi connectivity index (χ2v) is 9.13. The molecule has 10 nitrogen and oxygen atoms in total. The third kappa shape index (κ3) is 5.21. The molecule has 0 radical (unpaired) electrons. The molecule has 0 aliphatic carbocycles. The predicted octanol–water partition coefficient (Wildman–Crippen LogP) is 3.60. The second kappa shape index (κ2) is 9.75. The van der Waals surface area contributed by atoms with Crippen molar-refractivity contribution in [3.63, 3.8) is 0 Å². The highest BCUT2D eigenvalue weighted by Gasteiger charge is 2.31. The van der Waals surface area contributed by atoms with E-state index in [0.29, 0.717) is 15.8 Å². The number of hydrazone groups is 1. The summed E-state index contributed by atoms with van der Waals surface area (Å²) in [7, 11) is -4.29. The number of hydrogen-bond acceptors (Lipinski definition) is 7. The first-order valence-electron chi connectivity index (χ1n) is 9.09.